The van der Waals surface area contributed by atoms with Crippen LogP contribution >= 0.6 is 11.6 Å². The second-order valence-electron chi connectivity index (χ2n) is 6.82. The van der Waals surface area contributed by atoms with Crippen molar-refractivity contribution in [1.29, 1.82) is 0 Å². The van der Waals surface area contributed by atoms with Gasteiger partial charge in [-0.3, -0.25) is 4.79 Å². The van der Waals surface area contributed by atoms with E-state index < -0.39 is 17.2 Å². The van der Waals surface area contributed by atoms with Gasteiger partial charge in [-0.2, -0.15) is 0 Å². The number of carbonyl (C=O) groups is 1. The summed E-state index contributed by atoms with van der Waals surface area (Å²) in [6.45, 7) is 1.18. The lowest BCUT2D eigenvalue weighted by atomic mass is 10.1. The molecule has 4 rings (SSSR count). The van der Waals surface area contributed by atoms with E-state index in [1.54, 1.807) is 4.57 Å². The molecule has 1 aromatic heterocycles. The van der Waals surface area contributed by atoms with E-state index >= 15 is 0 Å². The topological polar surface area (TPSA) is 80.6 Å². The second-order valence-corrected chi connectivity index (χ2v) is 7.20. The normalized spacial score (nSPS) is 19.8. The van der Waals surface area contributed by atoms with Gasteiger partial charge in [0.05, 0.1) is 10.9 Å². The maximum atomic E-state index is 14.6. The minimum absolute atomic E-state index is 0.0129. The van der Waals surface area contributed by atoms with Crippen LogP contribution in [0.4, 0.5) is 4.39 Å². The molecular weight excluding hydrogens is 363 g/mol. The standard InChI is InChI=1S/C18H18ClFN2O4/c19-14-15-11(6-13(20)17(14)26-8-9-2-1-5-21-9)16(23)12(18(24)25)7-22(15)10-3-4-10/h6-7,9-10,21H,1-5,8H2,(H,24,25)/t9-/m0/s1. The van der Waals surface area contributed by atoms with E-state index in [-0.39, 0.29) is 40.4 Å². The first-order valence-corrected chi connectivity index (χ1v) is 9.01. The number of rotatable bonds is 5. The Balaban J connectivity index is 1.85. The van der Waals surface area contributed by atoms with Crippen LogP contribution in [0.15, 0.2) is 17.1 Å². The van der Waals surface area contributed by atoms with E-state index in [2.05, 4.69) is 5.32 Å². The number of halogens is 2. The van der Waals surface area contributed by atoms with Crippen molar-refractivity contribution in [1.82, 2.24) is 9.88 Å². The van der Waals surface area contributed by atoms with Crippen LogP contribution in [-0.4, -0.2) is 34.8 Å². The third kappa shape index (κ3) is 2.95. The van der Waals surface area contributed by atoms with Crippen molar-refractivity contribution >= 4 is 28.5 Å². The molecule has 138 valence electrons. The molecule has 1 aliphatic carbocycles. The number of benzene rings is 1. The largest absolute Gasteiger partial charge is 0.487 e. The molecule has 1 aliphatic heterocycles. The number of nitrogens with one attached hydrogen (secondary N) is 1. The number of hydrogen-bond acceptors (Lipinski definition) is 4. The van der Waals surface area contributed by atoms with E-state index in [0.717, 1.165) is 38.3 Å². The smallest absolute Gasteiger partial charge is 0.341 e. The first-order chi connectivity index (χ1) is 12.5. The molecule has 2 N–H and O–H groups in total. The Morgan fingerprint density at radius 2 is 2.19 bits per heavy atom. The van der Waals surface area contributed by atoms with Crippen LogP contribution in [0.2, 0.25) is 5.02 Å². The van der Waals surface area contributed by atoms with Crippen molar-refractivity contribution in [3.05, 3.63) is 38.9 Å². The molecule has 0 amide bonds. The zero-order valence-corrected chi connectivity index (χ0v) is 14.7. The van der Waals surface area contributed by atoms with Crippen molar-refractivity contribution < 1.29 is 19.0 Å². The fraction of sp³-hybridized carbons (Fsp3) is 0.444. The highest BCUT2D eigenvalue weighted by Gasteiger charge is 2.30. The number of pyridine rings is 1. The van der Waals surface area contributed by atoms with E-state index in [9.17, 15) is 19.1 Å². The predicted molar refractivity (Wildman–Crippen MR) is 94.9 cm³/mol. The fourth-order valence-corrected chi connectivity index (χ4v) is 3.78. The summed E-state index contributed by atoms with van der Waals surface area (Å²) in [6, 6.07) is 1.23. The third-order valence-corrected chi connectivity index (χ3v) is 5.28. The summed E-state index contributed by atoms with van der Waals surface area (Å²) in [6.07, 6.45) is 5.00. The predicted octanol–water partition coefficient (Wildman–Crippen LogP) is 2.96. The van der Waals surface area contributed by atoms with Crippen LogP contribution < -0.4 is 15.5 Å². The Morgan fingerprint density at radius 3 is 2.81 bits per heavy atom. The van der Waals surface area contributed by atoms with Crippen molar-refractivity contribution in [2.45, 2.75) is 37.8 Å². The molecule has 0 spiro atoms. The van der Waals surface area contributed by atoms with Gasteiger partial charge in [0.25, 0.3) is 0 Å². The lowest BCUT2D eigenvalue weighted by molar-refractivity contribution is 0.0695. The lowest BCUT2D eigenvalue weighted by Crippen LogP contribution is -2.28. The van der Waals surface area contributed by atoms with Gasteiger partial charge in [0.1, 0.15) is 17.2 Å². The van der Waals surface area contributed by atoms with Crippen molar-refractivity contribution in [2.24, 2.45) is 0 Å². The third-order valence-electron chi connectivity index (χ3n) is 4.93. The highest BCUT2D eigenvalue weighted by molar-refractivity contribution is 6.36. The first kappa shape index (κ1) is 17.3. The zero-order valence-electron chi connectivity index (χ0n) is 13.9. The number of aromatic nitrogens is 1. The molecule has 26 heavy (non-hydrogen) atoms. The molecule has 2 aromatic rings. The van der Waals surface area contributed by atoms with Gasteiger partial charge in [-0.05, 0) is 38.3 Å². The van der Waals surface area contributed by atoms with E-state index in [4.69, 9.17) is 16.3 Å². The number of hydrogen-bond donors (Lipinski definition) is 2. The van der Waals surface area contributed by atoms with Gasteiger partial charge in [-0.1, -0.05) is 11.6 Å². The number of aromatic carboxylic acids is 1. The van der Waals surface area contributed by atoms with E-state index in [0.29, 0.717) is 5.52 Å². The van der Waals surface area contributed by atoms with Gasteiger partial charge in [0.15, 0.2) is 11.6 Å². The molecule has 0 radical (unpaired) electrons. The Morgan fingerprint density at radius 1 is 1.42 bits per heavy atom. The summed E-state index contributed by atoms with van der Waals surface area (Å²) in [7, 11) is 0. The maximum Gasteiger partial charge on any atom is 0.341 e. The molecular formula is C18H18ClFN2O4. The fourth-order valence-electron chi connectivity index (χ4n) is 3.43. The molecule has 2 heterocycles. The van der Waals surface area contributed by atoms with Crippen LogP contribution in [0.1, 0.15) is 42.1 Å². The summed E-state index contributed by atoms with van der Waals surface area (Å²) in [5.74, 6) is -2.19. The Labute approximate surface area is 153 Å². The Kier molecular flexibility index (Phi) is 4.36. The average molecular weight is 381 g/mol. The summed E-state index contributed by atoms with van der Waals surface area (Å²) < 4.78 is 21.9. The lowest BCUT2D eigenvalue weighted by Gasteiger charge is -2.18. The molecule has 1 atom stereocenters. The SMILES string of the molecule is O=C(O)c1cn(C2CC2)c2c(Cl)c(OC[C@@H]3CCCN3)c(F)cc2c1=O. The molecule has 2 aliphatic rings. The monoisotopic (exact) mass is 380 g/mol. The van der Waals surface area contributed by atoms with Crippen LogP contribution in [0, 0.1) is 5.82 Å². The molecule has 1 saturated carbocycles. The molecule has 0 unspecified atom stereocenters. The van der Waals surface area contributed by atoms with E-state index in [1.165, 1.54) is 6.20 Å². The number of carboxylic acids is 1. The minimum Gasteiger partial charge on any atom is -0.487 e. The zero-order chi connectivity index (χ0) is 18.4. The second kappa shape index (κ2) is 6.55. The van der Waals surface area contributed by atoms with Crippen molar-refractivity contribution in [2.75, 3.05) is 13.2 Å². The van der Waals surface area contributed by atoms with Crippen LogP contribution in [0.5, 0.6) is 5.75 Å². The maximum absolute atomic E-state index is 14.6. The van der Waals surface area contributed by atoms with Gasteiger partial charge in [-0.15, -0.1) is 0 Å². The van der Waals surface area contributed by atoms with Crippen molar-refractivity contribution in [3.63, 3.8) is 0 Å². The number of ether oxygens (including phenoxy) is 1. The Bertz CT molecular complexity index is 949. The molecule has 1 saturated heterocycles. The molecule has 1 aromatic carbocycles. The highest BCUT2D eigenvalue weighted by Crippen LogP contribution is 2.41. The Hall–Kier alpha value is -2.12. The van der Waals surface area contributed by atoms with Gasteiger partial charge >= 0.3 is 5.97 Å². The summed E-state index contributed by atoms with van der Waals surface area (Å²) in [5.41, 5.74) is -0.794. The van der Waals surface area contributed by atoms with Crippen LogP contribution in [0.25, 0.3) is 10.9 Å². The van der Waals surface area contributed by atoms with Crippen LogP contribution in [0.3, 0.4) is 0 Å². The number of fused-ring (bicyclic) bond motifs is 1. The molecule has 0 bridgehead atoms. The van der Waals surface area contributed by atoms with E-state index in [1.807, 2.05) is 0 Å². The number of carboxylic acid groups (broad SMARTS) is 1. The van der Waals surface area contributed by atoms with Gasteiger partial charge < -0.3 is 19.7 Å². The average Bonchev–Trinajstić information content (AvgIpc) is 3.31. The minimum atomic E-state index is -1.34. The van der Waals surface area contributed by atoms with Crippen molar-refractivity contribution in [3.8, 4) is 5.75 Å². The highest BCUT2D eigenvalue weighted by atomic mass is 35.5. The molecule has 2 fully saturated rings. The number of nitrogens with zero attached hydrogens (tertiary/aromatic N) is 1. The first-order valence-electron chi connectivity index (χ1n) is 8.63. The van der Waals surface area contributed by atoms with Gasteiger partial charge in [-0.25, -0.2) is 9.18 Å². The van der Waals surface area contributed by atoms with Gasteiger partial charge in [0, 0.05) is 18.3 Å². The summed E-state index contributed by atoms with van der Waals surface area (Å²) in [5, 5.41) is 12.5. The molecule has 8 heteroatoms. The van der Waals surface area contributed by atoms with Crippen LogP contribution in [-0.2, 0) is 0 Å². The quantitative estimate of drug-likeness (QED) is 0.833. The summed E-state index contributed by atoms with van der Waals surface area (Å²) >= 11 is 6.42. The van der Waals surface area contributed by atoms with Gasteiger partial charge in [0.2, 0.25) is 5.43 Å². The summed E-state index contributed by atoms with van der Waals surface area (Å²) in [4.78, 5) is 23.9. The molecule has 6 nitrogen and oxygen atoms in total.